The summed E-state index contributed by atoms with van der Waals surface area (Å²) in [4.78, 5) is 12.2. The second-order valence-corrected chi connectivity index (χ2v) is 7.11. The molecular weight excluding hydrogens is 437 g/mol. The molecule has 0 aromatic heterocycles. The molecule has 0 aliphatic rings. The number of rotatable bonds is 7. The average molecular weight is 454 g/mol. The highest BCUT2D eigenvalue weighted by Crippen LogP contribution is 2.28. The molecule has 1 N–H and O–H groups in total. The van der Waals surface area contributed by atoms with Crippen LogP contribution in [0.3, 0.4) is 0 Å². The molecule has 0 fully saturated rings. The van der Waals surface area contributed by atoms with Crippen molar-refractivity contribution in [3.63, 3.8) is 0 Å². The van der Waals surface area contributed by atoms with Crippen LogP contribution in [0, 0.1) is 11.3 Å². The smallest absolute Gasteiger partial charge is 0.271 e. The summed E-state index contributed by atoms with van der Waals surface area (Å²) in [7, 11) is 1.53. The Kier molecular flexibility index (Phi) is 7.50. The first-order chi connectivity index (χ1) is 15.0. The van der Waals surface area contributed by atoms with Crippen molar-refractivity contribution < 1.29 is 14.3 Å². The standard InChI is InChI=1S/C23H17Cl2N3O3/c1-30-22-10-15(13-27-28-23(29)16-7-8-19(24)20(25)11-16)6-9-21(22)31-14-18-5-3-2-4-17(18)12-26/h2-11,13H,14H2,1H3,(H,28,29)/b27-13-. The number of hydrogen-bond acceptors (Lipinski definition) is 5. The maximum Gasteiger partial charge on any atom is 0.271 e. The van der Waals surface area contributed by atoms with Crippen LogP contribution in [0.25, 0.3) is 0 Å². The van der Waals surface area contributed by atoms with Crippen LogP contribution in [0.1, 0.15) is 27.0 Å². The molecule has 156 valence electrons. The van der Waals surface area contributed by atoms with Crippen molar-refractivity contribution in [2.45, 2.75) is 6.61 Å². The summed E-state index contributed by atoms with van der Waals surface area (Å²) >= 11 is 11.8. The maximum absolute atomic E-state index is 12.2. The van der Waals surface area contributed by atoms with Gasteiger partial charge in [0.15, 0.2) is 11.5 Å². The summed E-state index contributed by atoms with van der Waals surface area (Å²) in [6.45, 7) is 0.229. The lowest BCUT2D eigenvalue weighted by molar-refractivity contribution is 0.0955. The van der Waals surface area contributed by atoms with Crippen LogP contribution in [0.15, 0.2) is 65.8 Å². The lowest BCUT2D eigenvalue weighted by Crippen LogP contribution is -2.17. The normalized spacial score (nSPS) is 10.5. The molecule has 0 spiro atoms. The van der Waals surface area contributed by atoms with Crippen molar-refractivity contribution >= 4 is 35.3 Å². The van der Waals surface area contributed by atoms with Gasteiger partial charge in [0.1, 0.15) is 6.61 Å². The van der Waals surface area contributed by atoms with Crippen molar-refractivity contribution in [1.29, 1.82) is 5.26 Å². The average Bonchev–Trinajstić information content (AvgIpc) is 2.79. The maximum atomic E-state index is 12.2. The number of methoxy groups -OCH3 is 1. The summed E-state index contributed by atoms with van der Waals surface area (Å²) in [5, 5.41) is 13.8. The lowest BCUT2D eigenvalue weighted by Gasteiger charge is -2.12. The van der Waals surface area contributed by atoms with Gasteiger partial charge in [0.25, 0.3) is 5.91 Å². The third-order valence-corrected chi connectivity index (χ3v) is 5.01. The fraction of sp³-hybridized carbons (Fsp3) is 0.0870. The molecule has 0 atom stereocenters. The van der Waals surface area contributed by atoms with Gasteiger partial charge in [-0.2, -0.15) is 10.4 Å². The summed E-state index contributed by atoms with van der Waals surface area (Å²) in [6, 6.07) is 19.2. The van der Waals surface area contributed by atoms with E-state index < -0.39 is 5.91 Å². The van der Waals surface area contributed by atoms with Gasteiger partial charge in [-0.25, -0.2) is 5.43 Å². The van der Waals surface area contributed by atoms with Crippen molar-refractivity contribution in [2.24, 2.45) is 5.10 Å². The van der Waals surface area contributed by atoms with Gasteiger partial charge in [-0.1, -0.05) is 41.4 Å². The van der Waals surface area contributed by atoms with E-state index in [9.17, 15) is 10.1 Å². The van der Waals surface area contributed by atoms with Crippen molar-refractivity contribution in [3.05, 3.63) is 93.0 Å². The van der Waals surface area contributed by atoms with Gasteiger partial charge in [0.05, 0.1) is 35.0 Å². The Balaban J connectivity index is 1.65. The number of ether oxygens (including phenoxy) is 2. The number of carbonyl (C=O) groups is 1. The molecule has 0 unspecified atom stereocenters. The van der Waals surface area contributed by atoms with Gasteiger partial charge in [0.2, 0.25) is 0 Å². The second kappa shape index (κ2) is 10.5. The van der Waals surface area contributed by atoms with Gasteiger partial charge in [-0.3, -0.25) is 4.79 Å². The van der Waals surface area contributed by atoms with Gasteiger partial charge in [0, 0.05) is 11.1 Å². The van der Waals surface area contributed by atoms with Crippen LogP contribution in [-0.4, -0.2) is 19.2 Å². The summed E-state index contributed by atoms with van der Waals surface area (Å²) in [5.74, 6) is 0.597. The first-order valence-electron chi connectivity index (χ1n) is 9.09. The SMILES string of the molecule is COc1cc(/C=N\NC(=O)c2ccc(Cl)c(Cl)c2)ccc1OCc1ccccc1C#N. The van der Waals surface area contributed by atoms with E-state index in [2.05, 4.69) is 16.6 Å². The van der Waals surface area contributed by atoms with Gasteiger partial charge in [-0.15, -0.1) is 0 Å². The minimum absolute atomic E-state index is 0.229. The van der Waals surface area contributed by atoms with E-state index in [1.807, 2.05) is 12.1 Å². The predicted molar refractivity (Wildman–Crippen MR) is 120 cm³/mol. The van der Waals surface area contributed by atoms with Crippen LogP contribution >= 0.6 is 23.2 Å². The summed E-state index contributed by atoms with van der Waals surface area (Å²) < 4.78 is 11.2. The number of hydrazone groups is 1. The van der Waals surface area contributed by atoms with Gasteiger partial charge in [-0.05, 0) is 48.0 Å². The Morgan fingerprint density at radius 1 is 1.10 bits per heavy atom. The van der Waals surface area contributed by atoms with E-state index in [4.69, 9.17) is 32.7 Å². The highest BCUT2D eigenvalue weighted by molar-refractivity contribution is 6.42. The number of nitrogens with one attached hydrogen (secondary N) is 1. The molecule has 0 heterocycles. The molecule has 0 saturated carbocycles. The highest BCUT2D eigenvalue weighted by Gasteiger charge is 2.09. The van der Waals surface area contributed by atoms with Gasteiger partial charge >= 0.3 is 0 Å². The van der Waals surface area contributed by atoms with E-state index in [0.29, 0.717) is 33.2 Å². The van der Waals surface area contributed by atoms with Crippen LogP contribution in [0.2, 0.25) is 10.0 Å². The first-order valence-corrected chi connectivity index (χ1v) is 9.84. The van der Waals surface area contributed by atoms with Crippen molar-refractivity contribution in [2.75, 3.05) is 7.11 Å². The molecule has 0 bridgehead atoms. The largest absolute Gasteiger partial charge is 0.493 e. The Bertz CT molecular complexity index is 1170. The molecule has 1 amide bonds. The molecule has 3 rings (SSSR count). The van der Waals surface area contributed by atoms with Crippen molar-refractivity contribution in [3.8, 4) is 17.6 Å². The second-order valence-electron chi connectivity index (χ2n) is 6.30. The van der Waals surface area contributed by atoms with E-state index in [1.165, 1.54) is 19.4 Å². The summed E-state index contributed by atoms with van der Waals surface area (Å²) in [5.41, 5.74) is 4.80. The fourth-order valence-corrected chi connectivity index (χ4v) is 2.96. The van der Waals surface area contributed by atoms with Crippen molar-refractivity contribution in [1.82, 2.24) is 5.43 Å². The Morgan fingerprint density at radius 2 is 1.90 bits per heavy atom. The van der Waals surface area contributed by atoms with E-state index >= 15 is 0 Å². The zero-order valence-electron chi connectivity index (χ0n) is 16.4. The molecule has 31 heavy (non-hydrogen) atoms. The van der Waals surface area contributed by atoms with Crippen LogP contribution in [0.4, 0.5) is 0 Å². The van der Waals surface area contributed by atoms with Crippen LogP contribution in [0.5, 0.6) is 11.5 Å². The number of benzene rings is 3. The number of amides is 1. The number of nitriles is 1. The van der Waals surface area contributed by atoms with E-state index in [-0.39, 0.29) is 11.6 Å². The minimum atomic E-state index is -0.419. The highest BCUT2D eigenvalue weighted by atomic mass is 35.5. The third kappa shape index (κ3) is 5.76. The Labute approximate surface area is 189 Å². The molecule has 0 aliphatic heterocycles. The van der Waals surface area contributed by atoms with Crippen LogP contribution < -0.4 is 14.9 Å². The number of carbonyl (C=O) groups excluding carboxylic acids is 1. The molecule has 0 radical (unpaired) electrons. The molecular formula is C23H17Cl2N3O3. The molecule has 0 aliphatic carbocycles. The molecule has 3 aromatic carbocycles. The van der Waals surface area contributed by atoms with E-state index in [0.717, 1.165) is 5.56 Å². The zero-order valence-corrected chi connectivity index (χ0v) is 17.9. The number of hydrogen-bond donors (Lipinski definition) is 1. The zero-order chi connectivity index (χ0) is 22.2. The predicted octanol–water partition coefficient (Wildman–Crippen LogP) is 5.22. The Morgan fingerprint density at radius 3 is 2.65 bits per heavy atom. The number of halogens is 2. The topological polar surface area (TPSA) is 83.7 Å². The van der Waals surface area contributed by atoms with E-state index in [1.54, 1.807) is 42.5 Å². The minimum Gasteiger partial charge on any atom is -0.493 e. The quantitative estimate of drug-likeness (QED) is 0.392. The lowest BCUT2D eigenvalue weighted by atomic mass is 10.1. The first kappa shape index (κ1) is 22.2. The third-order valence-electron chi connectivity index (χ3n) is 4.27. The number of nitrogens with zero attached hydrogens (tertiary/aromatic N) is 2. The summed E-state index contributed by atoms with van der Waals surface area (Å²) in [6.07, 6.45) is 1.48. The molecule has 8 heteroatoms. The molecule has 6 nitrogen and oxygen atoms in total. The Hall–Kier alpha value is -3.53. The molecule has 3 aromatic rings. The molecule has 0 saturated heterocycles. The van der Waals surface area contributed by atoms with Gasteiger partial charge < -0.3 is 9.47 Å². The van der Waals surface area contributed by atoms with Crippen LogP contribution in [-0.2, 0) is 6.61 Å². The monoisotopic (exact) mass is 453 g/mol. The fourth-order valence-electron chi connectivity index (χ4n) is 2.66.